The Kier molecular flexibility index (Phi) is 6.12. The molecule has 0 aromatic heterocycles. The van der Waals surface area contributed by atoms with E-state index in [2.05, 4.69) is 10.2 Å². The van der Waals surface area contributed by atoms with Crippen molar-refractivity contribution >= 4 is 11.9 Å². The molecule has 1 aliphatic heterocycles. The number of hydrogen-bond acceptors (Lipinski definition) is 4. The van der Waals surface area contributed by atoms with Gasteiger partial charge in [-0.25, -0.2) is 0 Å². The fourth-order valence-electron chi connectivity index (χ4n) is 2.30. The molecule has 1 amide bonds. The molecular weight excluding hydrogens is 232 g/mol. The van der Waals surface area contributed by atoms with E-state index >= 15 is 0 Å². The molecular formula is C13H24N2O3. The van der Waals surface area contributed by atoms with Crippen LogP contribution >= 0.6 is 0 Å². The van der Waals surface area contributed by atoms with Crippen LogP contribution < -0.4 is 5.32 Å². The van der Waals surface area contributed by atoms with E-state index in [0.29, 0.717) is 13.0 Å². The zero-order valence-corrected chi connectivity index (χ0v) is 11.6. The highest BCUT2D eigenvalue weighted by Crippen LogP contribution is 2.18. The Morgan fingerprint density at radius 3 is 2.72 bits per heavy atom. The van der Waals surface area contributed by atoms with E-state index in [0.717, 1.165) is 25.8 Å². The summed E-state index contributed by atoms with van der Waals surface area (Å²) in [5.74, 6) is -0.141. The lowest BCUT2D eigenvalue weighted by atomic mass is 10.0. The molecule has 0 radical (unpaired) electrons. The number of hydrogen-bond donors (Lipinski definition) is 1. The minimum Gasteiger partial charge on any atom is -0.468 e. The van der Waals surface area contributed by atoms with E-state index in [-0.39, 0.29) is 24.0 Å². The second-order valence-corrected chi connectivity index (χ2v) is 5.04. The van der Waals surface area contributed by atoms with Crippen molar-refractivity contribution in [3.8, 4) is 0 Å². The molecule has 1 aliphatic rings. The van der Waals surface area contributed by atoms with E-state index in [1.807, 2.05) is 13.8 Å². The Hall–Kier alpha value is -1.10. The maximum absolute atomic E-state index is 11.6. The molecule has 1 rings (SSSR count). The molecule has 0 aromatic rings. The molecule has 104 valence electrons. The monoisotopic (exact) mass is 256 g/mol. The van der Waals surface area contributed by atoms with E-state index in [4.69, 9.17) is 4.74 Å². The second kappa shape index (κ2) is 7.36. The smallest absolute Gasteiger partial charge is 0.323 e. The number of rotatable bonds is 5. The van der Waals surface area contributed by atoms with Crippen LogP contribution in [0.4, 0.5) is 0 Å². The summed E-state index contributed by atoms with van der Waals surface area (Å²) < 4.78 is 4.81. The molecule has 0 aliphatic carbocycles. The van der Waals surface area contributed by atoms with Crippen LogP contribution in [0.25, 0.3) is 0 Å². The van der Waals surface area contributed by atoms with Gasteiger partial charge in [0.1, 0.15) is 6.04 Å². The third kappa shape index (κ3) is 4.64. The van der Waals surface area contributed by atoms with Crippen molar-refractivity contribution in [1.82, 2.24) is 10.2 Å². The van der Waals surface area contributed by atoms with Crippen molar-refractivity contribution in [2.45, 2.75) is 51.6 Å². The van der Waals surface area contributed by atoms with Gasteiger partial charge in [0.15, 0.2) is 0 Å². The largest absolute Gasteiger partial charge is 0.468 e. The zero-order chi connectivity index (χ0) is 13.5. The fourth-order valence-corrected chi connectivity index (χ4v) is 2.30. The molecule has 5 nitrogen and oxygen atoms in total. The number of nitrogens with zero attached hydrogens (tertiary/aromatic N) is 1. The first kappa shape index (κ1) is 15.0. The van der Waals surface area contributed by atoms with Gasteiger partial charge in [-0.3, -0.25) is 14.5 Å². The Morgan fingerprint density at radius 2 is 2.11 bits per heavy atom. The molecule has 1 fully saturated rings. The number of likely N-dealkylation sites (tertiary alicyclic amines) is 1. The molecule has 0 aromatic carbocycles. The summed E-state index contributed by atoms with van der Waals surface area (Å²) in [5.41, 5.74) is 0. The van der Waals surface area contributed by atoms with Crippen LogP contribution in [0.3, 0.4) is 0 Å². The Labute approximate surface area is 109 Å². The summed E-state index contributed by atoms with van der Waals surface area (Å²) in [6.45, 7) is 5.37. The molecule has 1 saturated heterocycles. The van der Waals surface area contributed by atoms with E-state index in [1.54, 1.807) is 0 Å². The van der Waals surface area contributed by atoms with Crippen LogP contribution in [-0.2, 0) is 14.3 Å². The molecule has 1 atom stereocenters. The van der Waals surface area contributed by atoms with Crippen LogP contribution in [0.5, 0.6) is 0 Å². The van der Waals surface area contributed by atoms with Crippen molar-refractivity contribution in [3.05, 3.63) is 0 Å². The predicted molar refractivity (Wildman–Crippen MR) is 69.1 cm³/mol. The third-order valence-electron chi connectivity index (χ3n) is 3.16. The molecule has 18 heavy (non-hydrogen) atoms. The second-order valence-electron chi connectivity index (χ2n) is 5.04. The molecule has 1 heterocycles. The summed E-state index contributed by atoms with van der Waals surface area (Å²) in [6, 6.07) is -0.00846. The third-order valence-corrected chi connectivity index (χ3v) is 3.16. The maximum Gasteiger partial charge on any atom is 0.323 e. The number of carbonyl (C=O) groups is 2. The van der Waals surface area contributed by atoms with Crippen LogP contribution in [0.1, 0.15) is 39.5 Å². The summed E-state index contributed by atoms with van der Waals surface area (Å²) in [6.07, 6.45) is 3.40. The van der Waals surface area contributed by atoms with Gasteiger partial charge in [0.25, 0.3) is 0 Å². The highest BCUT2D eigenvalue weighted by Gasteiger charge is 2.29. The highest BCUT2D eigenvalue weighted by atomic mass is 16.5. The SMILES string of the molecule is COC(=O)C1CCCCN1CCC(=O)NC(C)C. The number of nitrogens with one attached hydrogen (secondary N) is 1. The average molecular weight is 256 g/mol. The van der Waals surface area contributed by atoms with Crippen molar-refractivity contribution in [3.63, 3.8) is 0 Å². The summed E-state index contributed by atoms with van der Waals surface area (Å²) in [7, 11) is 1.42. The zero-order valence-electron chi connectivity index (χ0n) is 11.6. The van der Waals surface area contributed by atoms with Gasteiger partial charge in [0.2, 0.25) is 5.91 Å². The fraction of sp³-hybridized carbons (Fsp3) is 0.846. The van der Waals surface area contributed by atoms with Crippen molar-refractivity contribution in [2.24, 2.45) is 0 Å². The first-order valence-corrected chi connectivity index (χ1v) is 6.66. The van der Waals surface area contributed by atoms with Crippen LogP contribution in [-0.4, -0.2) is 49.1 Å². The van der Waals surface area contributed by atoms with Gasteiger partial charge < -0.3 is 10.1 Å². The standard InChI is InChI=1S/C13H24N2O3/c1-10(2)14-12(16)7-9-15-8-5-4-6-11(15)13(17)18-3/h10-11H,4-9H2,1-3H3,(H,14,16). The van der Waals surface area contributed by atoms with Crippen LogP contribution in [0.15, 0.2) is 0 Å². The lowest BCUT2D eigenvalue weighted by molar-refractivity contribution is -0.148. The molecule has 0 spiro atoms. The first-order chi connectivity index (χ1) is 8.54. The van der Waals surface area contributed by atoms with Crippen LogP contribution in [0.2, 0.25) is 0 Å². The number of ether oxygens (including phenoxy) is 1. The molecule has 0 bridgehead atoms. The van der Waals surface area contributed by atoms with Gasteiger partial charge in [-0.15, -0.1) is 0 Å². The topological polar surface area (TPSA) is 58.6 Å². The highest BCUT2D eigenvalue weighted by molar-refractivity contribution is 5.77. The Balaban J connectivity index is 2.42. The maximum atomic E-state index is 11.6. The van der Waals surface area contributed by atoms with Gasteiger partial charge in [0.05, 0.1) is 7.11 Å². The van der Waals surface area contributed by atoms with Gasteiger partial charge in [-0.05, 0) is 33.2 Å². The number of carbonyl (C=O) groups excluding carboxylic acids is 2. The molecule has 0 saturated carbocycles. The number of methoxy groups -OCH3 is 1. The summed E-state index contributed by atoms with van der Waals surface area (Å²) >= 11 is 0. The molecule has 1 unspecified atom stereocenters. The van der Waals surface area contributed by atoms with Crippen molar-refractivity contribution in [1.29, 1.82) is 0 Å². The Morgan fingerprint density at radius 1 is 1.39 bits per heavy atom. The van der Waals surface area contributed by atoms with Gasteiger partial charge in [0, 0.05) is 19.0 Å². The summed E-state index contributed by atoms with van der Waals surface area (Å²) in [5, 5.41) is 2.86. The minimum absolute atomic E-state index is 0.0409. The van der Waals surface area contributed by atoms with E-state index < -0.39 is 0 Å². The lowest BCUT2D eigenvalue weighted by Crippen LogP contribution is -2.46. The summed E-state index contributed by atoms with van der Waals surface area (Å²) in [4.78, 5) is 25.3. The van der Waals surface area contributed by atoms with Gasteiger partial charge >= 0.3 is 5.97 Å². The number of piperidine rings is 1. The number of esters is 1. The van der Waals surface area contributed by atoms with Crippen LogP contribution in [0, 0.1) is 0 Å². The number of amides is 1. The van der Waals surface area contributed by atoms with E-state index in [1.165, 1.54) is 7.11 Å². The molecule has 1 N–H and O–H groups in total. The van der Waals surface area contributed by atoms with Crippen molar-refractivity contribution < 1.29 is 14.3 Å². The van der Waals surface area contributed by atoms with Crippen molar-refractivity contribution in [2.75, 3.05) is 20.2 Å². The van der Waals surface area contributed by atoms with E-state index in [9.17, 15) is 9.59 Å². The van der Waals surface area contributed by atoms with Gasteiger partial charge in [-0.2, -0.15) is 0 Å². The average Bonchev–Trinajstić information content (AvgIpc) is 2.35. The quantitative estimate of drug-likeness (QED) is 0.743. The minimum atomic E-state index is -0.182. The predicted octanol–water partition coefficient (Wildman–Crippen LogP) is 0.929. The lowest BCUT2D eigenvalue weighted by Gasteiger charge is -2.33. The first-order valence-electron chi connectivity index (χ1n) is 6.66. The molecule has 5 heteroatoms. The van der Waals surface area contributed by atoms with Gasteiger partial charge in [-0.1, -0.05) is 6.42 Å². The Bertz CT molecular complexity index is 292. The normalized spacial score (nSPS) is 20.8.